The largest absolute Gasteiger partial charge is 0.508 e. The number of aryl methyl sites for hydroxylation is 1. The fraction of sp³-hybridized carbons (Fsp3) is 0.500. The van der Waals surface area contributed by atoms with Gasteiger partial charge in [-0.15, -0.1) is 0 Å². The molecule has 1 aromatic rings. The summed E-state index contributed by atoms with van der Waals surface area (Å²) in [7, 11) is 0. The fourth-order valence-corrected chi connectivity index (χ4v) is 1.53. The molecule has 2 N–H and O–H groups in total. The molecule has 0 aromatic heterocycles. The van der Waals surface area contributed by atoms with Gasteiger partial charge in [0.2, 0.25) is 0 Å². The van der Waals surface area contributed by atoms with Crippen LogP contribution in [0.3, 0.4) is 0 Å². The van der Waals surface area contributed by atoms with E-state index in [0.717, 1.165) is 11.3 Å². The van der Waals surface area contributed by atoms with E-state index in [1.54, 1.807) is 6.07 Å². The van der Waals surface area contributed by atoms with E-state index in [1.165, 1.54) is 12.8 Å². The van der Waals surface area contributed by atoms with Gasteiger partial charge in [-0.25, -0.2) is 0 Å². The van der Waals surface area contributed by atoms with E-state index in [2.05, 4.69) is 19.2 Å². The van der Waals surface area contributed by atoms with Gasteiger partial charge in [0.25, 0.3) is 0 Å². The number of phenols is 1. The Balaban J connectivity index is 2.63. The van der Waals surface area contributed by atoms with Crippen LogP contribution < -0.4 is 5.32 Å². The highest BCUT2D eigenvalue weighted by atomic mass is 16.3. The van der Waals surface area contributed by atoms with E-state index in [-0.39, 0.29) is 0 Å². The molecule has 1 unspecified atom stereocenters. The van der Waals surface area contributed by atoms with Gasteiger partial charge in [-0.05, 0) is 44.0 Å². The third-order valence-electron chi connectivity index (χ3n) is 2.33. The van der Waals surface area contributed by atoms with Crippen LogP contribution in [0.1, 0.15) is 32.3 Å². The Morgan fingerprint density at radius 1 is 1.43 bits per heavy atom. The first-order chi connectivity index (χ1) is 6.63. The monoisotopic (exact) mass is 193 g/mol. The normalized spacial score (nSPS) is 12.5. The second-order valence-corrected chi connectivity index (χ2v) is 3.84. The molecule has 0 aliphatic heterocycles. The summed E-state index contributed by atoms with van der Waals surface area (Å²) in [5, 5.41) is 12.8. The van der Waals surface area contributed by atoms with E-state index in [0.29, 0.717) is 11.8 Å². The molecule has 0 saturated carbocycles. The Labute approximate surface area is 86.0 Å². The molecular weight excluding hydrogens is 174 g/mol. The summed E-state index contributed by atoms with van der Waals surface area (Å²) in [5.74, 6) is 0.360. The van der Waals surface area contributed by atoms with E-state index in [4.69, 9.17) is 0 Å². The third-order valence-corrected chi connectivity index (χ3v) is 2.33. The van der Waals surface area contributed by atoms with Crippen molar-refractivity contribution in [3.63, 3.8) is 0 Å². The van der Waals surface area contributed by atoms with Crippen LogP contribution in [0.25, 0.3) is 0 Å². The molecule has 0 amide bonds. The summed E-state index contributed by atoms with van der Waals surface area (Å²) in [4.78, 5) is 0. The summed E-state index contributed by atoms with van der Waals surface area (Å²) in [6.45, 7) is 6.26. The van der Waals surface area contributed by atoms with Gasteiger partial charge in [0.1, 0.15) is 5.75 Å². The highest BCUT2D eigenvalue weighted by Crippen LogP contribution is 2.21. The van der Waals surface area contributed by atoms with Crippen LogP contribution in [0, 0.1) is 6.92 Å². The van der Waals surface area contributed by atoms with Crippen molar-refractivity contribution in [2.45, 2.75) is 39.7 Å². The summed E-state index contributed by atoms with van der Waals surface area (Å²) in [6, 6.07) is 6.11. The van der Waals surface area contributed by atoms with E-state index in [1.807, 2.05) is 19.1 Å². The molecule has 14 heavy (non-hydrogen) atoms. The number of benzene rings is 1. The Morgan fingerprint density at radius 3 is 2.71 bits per heavy atom. The molecule has 0 saturated heterocycles. The molecular formula is C12H19NO. The second kappa shape index (κ2) is 4.89. The van der Waals surface area contributed by atoms with Gasteiger partial charge in [-0.1, -0.05) is 13.3 Å². The van der Waals surface area contributed by atoms with Crippen molar-refractivity contribution in [1.29, 1.82) is 0 Å². The number of hydrogen-bond donors (Lipinski definition) is 2. The van der Waals surface area contributed by atoms with Gasteiger partial charge in [0, 0.05) is 11.7 Å². The molecule has 0 heterocycles. The standard InChI is InChI=1S/C12H19NO/c1-4-5-10(3)13-11-6-7-12(14)9(2)8-11/h6-8,10,13-14H,4-5H2,1-3H3. The Morgan fingerprint density at radius 2 is 2.14 bits per heavy atom. The van der Waals surface area contributed by atoms with Crippen molar-refractivity contribution in [2.24, 2.45) is 0 Å². The Hall–Kier alpha value is -1.18. The lowest BCUT2D eigenvalue weighted by molar-refractivity contribution is 0.471. The molecule has 0 bridgehead atoms. The summed E-state index contributed by atoms with van der Waals surface area (Å²) < 4.78 is 0. The van der Waals surface area contributed by atoms with Gasteiger partial charge in [-0.3, -0.25) is 0 Å². The SMILES string of the molecule is CCCC(C)Nc1ccc(O)c(C)c1. The van der Waals surface area contributed by atoms with Crippen LogP contribution in [-0.4, -0.2) is 11.1 Å². The average molecular weight is 193 g/mol. The van der Waals surface area contributed by atoms with Crippen molar-refractivity contribution in [3.8, 4) is 5.75 Å². The molecule has 1 rings (SSSR count). The minimum Gasteiger partial charge on any atom is -0.508 e. The van der Waals surface area contributed by atoms with Crippen molar-refractivity contribution >= 4 is 5.69 Å². The number of nitrogens with one attached hydrogen (secondary N) is 1. The van der Waals surface area contributed by atoms with Crippen molar-refractivity contribution in [1.82, 2.24) is 0 Å². The van der Waals surface area contributed by atoms with Crippen LogP contribution in [0.15, 0.2) is 18.2 Å². The number of hydrogen-bond acceptors (Lipinski definition) is 2. The van der Waals surface area contributed by atoms with E-state index in [9.17, 15) is 5.11 Å². The molecule has 1 atom stereocenters. The van der Waals surface area contributed by atoms with Crippen LogP contribution in [0.4, 0.5) is 5.69 Å². The lowest BCUT2D eigenvalue weighted by atomic mass is 10.1. The minimum absolute atomic E-state index is 0.360. The number of anilines is 1. The van der Waals surface area contributed by atoms with Crippen molar-refractivity contribution in [3.05, 3.63) is 23.8 Å². The Kier molecular flexibility index (Phi) is 3.81. The molecule has 0 aliphatic carbocycles. The van der Waals surface area contributed by atoms with Crippen LogP contribution in [0.2, 0.25) is 0 Å². The highest BCUT2D eigenvalue weighted by Gasteiger charge is 2.02. The van der Waals surface area contributed by atoms with Crippen LogP contribution in [-0.2, 0) is 0 Å². The quantitative estimate of drug-likeness (QED) is 0.719. The van der Waals surface area contributed by atoms with Gasteiger partial charge >= 0.3 is 0 Å². The predicted octanol–water partition coefficient (Wildman–Crippen LogP) is 3.30. The average Bonchev–Trinajstić information content (AvgIpc) is 2.12. The first-order valence-electron chi connectivity index (χ1n) is 5.19. The number of aromatic hydroxyl groups is 1. The maximum Gasteiger partial charge on any atom is 0.118 e. The highest BCUT2D eigenvalue weighted by molar-refractivity contribution is 5.50. The molecule has 0 spiro atoms. The molecule has 2 nitrogen and oxygen atoms in total. The zero-order valence-corrected chi connectivity index (χ0v) is 9.17. The zero-order chi connectivity index (χ0) is 10.6. The maximum atomic E-state index is 9.35. The van der Waals surface area contributed by atoms with E-state index < -0.39 is 0 Å². The maximum absolute atomic E-state index is 9.35. The van der Waals surface area contributed by atoms with Crippen molar-refractivity contribution in [2.75, 3.05) is 5.32 Å². The third kappa shape index (κ3) is 2.95. The topological polar surface area (TPSA) is 32.3 Å². The molecule has 0 aliphatic rings. The minimum atomic E-state index is 0.360. The van der Waals surface area contributed by atoms with Gasteiger partial charge in [0.05, 0.1) is 0 Å². The number of phenolic OH excluding ortho intramolecular Hbond substituents is 1. The molecule has 2 heteroatoms. The molecule has 0 fully saturated rings. The lowest BCUT2D eigenvalue weighted by Crippen LogP contribution is -2.14. The predicted molar refractivity (Wildman–Crippen MR) is 60.8 cm³/mol. The Bertz CT molecular complexity index is 296. The fourth-order valence-electron chi connectivity index (χ4n) is 1.53. The first-order valence-corrected chi connectivity index (χ1v) is 5.19. The molecule has 0 radical (unpaired) electrons. The van der Waals surface area contributed by atoms with Gasteiger partial charge in [0.15, 0.2) is 0 Å². The molecule has 1 aromatic carbocycles. The summed E-state index contributed by atoms with van der Waals surface area (Å²) in [6.07, 6.45) is 2.35. The number of rotatable bonds is 4. The smallest absolute Gasteiger partial charge is 0.118 e. The zero-order valence-electron chi connectivity index (χ0n) is 9.17. The van der Waals surface area contributed by atoms with Crippen LogP contribution >= 0.6 is 0 Å². The van der Waals surface area contributed by atoms with Crippen LogP contribution in [0.5, 0.6) is 5.75 Å². The lowest BCUT2D eigenvalue weighted by Gasteiger charge is -2.14. The second-order valence-electron chi connectivity index (χ2n) is 3.84. The molecule has 78 valence electrons. The summed E-state index contributed by atoms with van der Waals surface area (Å²) in [5.41, 5.74) is 2.00. The summed E-state index contributed by atoms with van der Waals surface area (Å²) >= 11 is 0. The van der Waals surface area contributed by atoms with Gasteiger partial charge < -0.3 is 10.4 Å². The van der Waals surface area contributed by atoms with Gasteiger partial charge in [-0.2, -0.15) is 0 Å². The van der Waals surface area contributed by atoms with E-state index >= 15 is 0 Å². The first kappa shape index (κ1) is 10.9. The van der Waals surface area contributed by atoms with Crippen molar-refractivity contribution < 1.29 is 5.11 Å².